The molecule has 1 N–H and O–H groups in total. The van der Waals surface area contributed by atoms with Crippen molar-refractivity contribution in [3.8, 4) is 0 Å². The average Bonchev–Trinajstić information content (AvgIpc) is 3.34. The monoisotopic (exact) mass is 446 g/mol. The van der Waals surface area contributed by atoms with Crippen LogP contribution in [-0.2, 0) is 28.4 Å². The molecule has 4 rings (SSSR count). The van der Waals surface area contributed by atoms with Gasteiger partial charge in [0.2, 0.25) is 0 Å². The molecule has 1 fully saturated rings. The Labute approximate surface area is 181 Å². The van der Waals surface area contributed by atoms with Crippen molar-refractivity contribution in [3.05, 3.63) is 77.7 Å². The highest BCUT2D eigenvalue weighted by molar-refractivity contribution is 7.89. The zero-order chi connectivity index (χ0) is 21.1. The second kappa shape index (κ2) is 8.77. The molecule has 2 aromatic carbocycles. The Balaban J connectivity index is 1.54. The number of nitrogens with zero attached hydrogens (tertiary/aromatic N) is 3. The zero-order valence-electron chi connectivity index (χ0n) is 16.5. The van der Waals surface area contributed by atoms with E-state index in [0.717, 1.165) is 11.3 Å². The van der Waals surface area contributed by atoms with Crippen molar-refractivity contribution in [3.63, 3.8) is 0 Å². The summed E-state index contributed by atoms with van der Waals surface area (Å²) in [6.45, 7) is 0.908. The van der Waals surface area contributed by atoms with Crippen molar-refractivity contribution in [2.45, 2.75) is 23.8 Å². The summed E-state index contributed by atoms with van der Waals surface area (Å²) in [6.07, 6.45) is 2.66. The van der Waals surface area contributed by atoms with E-state index in [4.69, 9.17) is 16.3 Å². The maximum absolute atomic E-state index is 13.1. The number of nitrogens with one attached hydrogen (secondary N) is 1. The second-order valence-electron chi connectivity index (χ2n) is 7.30. The predicted octanol–water partition coefficient (Wildman–Crippen LogP) is 3.14. The van der Waals surface area contributed by atoms with E-state index in [-0.39, 0.29) is 30.3 Å². The van der Waals surface area contributed by atoms with Crippen LogP contribution in [0.3, 0.4) is 0 Å². The number of aryl methyl sites for hydroxylation is 1. The van der Waals surface area contributed by atoms with Crippen LogP contribution in [0.4, 0.5) is 5.69 Å². The van der Waals surface area contributed by atoms with Crippen molar-refractivity contribution in [1.82, 2.24) is 13.9 Å². The Kier molecular flexibility index (Phi) is 6.10. The Morgan fingerprint density at radius 3 is 2.67 bits per heavy atom. The number of imidazole rings is 1. The van der Waals surface area contributed by atoms with Gasteiger partial charge in [0.05, 0.1) is 25.1 Å². The molecule has 3 aromatic rings. The van der Waals surface area contributed by atoms with Crippen molar-refractivity contribution in [2.75, 3.05) is 18.4 Å². The molecule has 158 valence electrons. The lowest BCUT2D eigenvalue weighted by molar-refractivity contribution is 0.0453. The lowest BCUT2D eigenvalue weighted by Gasteiger charge is -2.21. The molecule has 0 radical (unpaired) electrons. The molecule has 0 unspecified atom stereocenters. The number of ether oxygens (including phenoxy) is 1. The summed E-state index contributed by atoms with van der Waals surface area (Å²) in [5, 5.41) is 4.03. The molecule has 0 saturated carbocycles. The predicted molar refractivity (Wildman–Crippen MR) is 116 cm³/mol. The van der Waals surface area contributed by atoms with Crippen molar-refractivity contribution >= 4 is 27.3 Å². The fraction of sp³-hybridized carbons (Fsp3) is 0.286. The van der Waals surface area contributed by atoms with Crippen LogP contribution in [0.25, 0.3) is 0 Å². The van der Waals surface area contributed by atoms with E-state index in [1.54, 1.807) is 17.7 Å². The van der Waals surface area contributed by atoms with Gasteiger partial charge in [0.1, 0.15) is 0 Å². The Morgan fingerprint density at radius 2 is 1.97 bits per heavy atom. The van der Waals surface area contributed by atoms with E-state index in [9.17, 15) is 8.42 Å². The Bertz CT molecular complexity index is 1100. The number of anilines is 1. The smallest absolute Gasteiger partial charge is 0.262 e. The zero-order valence-corrected chi connectivity index (χ0v) is 18.1. The molecule has 0 aliphatic carbocycles. The minimum atomic E-state index is -3.71. The third-order valence-electron chi connectivity index (χ3n) is 5.00. The molecule has 1 saturated heterocycles. The first-order valence-electron chi connectivity index (χ1n) is 9.57. The minimum Gasteiger partial charge on any atom is -0.378 e. The molecule has 0 spiro atoms. The molecule has 1 aliphatic rings. The molecule has 9 heteroatoms. The number of halogens is 1. The summed E-state index contributed by atoms with van der Waals surface area (Å²) in [6, 6.07) is 16.9. The lowest BCUT2D eigenvalue weighted by atomic mass is 10.2. The van der Waals surface area contributed by atoms with Crippen LogP contribution < -0.4 is 5.32 Å². The Morgan fingerprint density at radius 1 is 1.17 bits per heavy atom. The van der Waals surface area contributed by atoms with E-state index in [1.165, 1.54) is 16.8 Å². The highest BCUT2D eigenvalue weighted by atomic mass is 35.5. The highest BCUT2D eigenvalue weighted by Gasteiger charge is 2.41. The standard InChI is InChI=1S/C21H23ClN4O3S/c1-25-13-21(23-15-25)30(27,28)26-11-19(24-18-9-5-8-17(22)10-18)20(12-26)29-14-16-6-3-2-4-7-16/h2-10,13,15,19-20,24H,11-12,14H2,1H3/t19-,20-/m1/s1. The summed E-state index contributed by atoms with van der Waals surface area (Å²) in [5.74, 6) is 0. The fourth-order valence-corrected chi connectivity index (χ4v) is 5.10. The van der Waals surface area contributed by atoms with E-state index in [0.29, 0.717) is 11.6 Å². The number of benzene rings is 2. The summed E-state index contributed by atoms with van der Waals surface area (Å²) in [5.41, 5.74) is 1.85. The first-order valence-corrected chi connectivity index (χ1v) is 11.4. The topological polar surface area (TPSA) is 76.5 Å². The van der Waals surface area contributed by atoms with Gasteiger partial charge in [0.15, 0.2) is 5.03 Å². The number of hydrogen-bond acceptors (Lipinski definition) is 5. The summed E-state index contributed by atoms with van der Waals surface area (Å²) < 4.78 is 35.3. The SMILES string of the molecule is Cn1cnc(S(=O)(=O)N2C[C@@H](Nc3cccc(Cl)c3)[C@H](OCc3ccccc3)C2)c1. The van der Waals surface area contributed by atoms with E-state index >= 15 is 0 Å². The van der Waals surface area contributed by atoms with Gasteiger partial charge in [-0.15, -0.1) is 0 Å². The van der Waals surface area contributed by atoms with Crippen molar-refractivity contribution in [1.29, 1.82) is 0 Å². The van der Waals surface area contributed by atoms with Gasteiger partial charge >= 0.3 is 0 Å². The molecule has 2 heterocycles. The Hall–Kier alpha value is -2.39. The molecule has 0 bridgehead atoms. The molecular formula is C21H23ClN4O3S. The highest BCUT2D eigenvalue weighted by Crippen LogP contribution is 2.26. The first kappa shape index (κ1) is 20.9. The van der Waals surface area contributed by atoms with Crippen LogP contribution in [0.1, 0.15) is 5.56 Å². The van der Waals surface area contributed by atoms with Gasteiger partial charge in [0, 0.05) is 37.0 Å². The minimum absolute atomic E-state index is 0.0372. The van der Waals surface area contributed by atoms with Crippen molar-refractivity contribution < 1.29 is 13.2 Å². The lowest BCUT2D eigenvalue weighted by Crippen LogP contribution is -2.34. The van der Waals surface area contributed by atoms with Gasteiger partial charge in [-0.3, -0.25) is 0 Å². The van der Waals surface area contributed by atoms with Crippen LogP contribution >= 0.6 is 11.6 Å². The largest absolute Gasteiger partial charge is 0.378 e. The van der Waals surface area contributed by atoms with Crippen LogP contribution in [0.2, 0.25) is 5.02 Å². The second-order valence-corrected chi connectivity index (χ2v) is 9.62. The molecule has 0 amide bonds. The van der Waals surface area contributed by atoms with Gasteiger partial charge in [-0.2, -0.15) is 4.31 Å². The molecule has 7 nitrogen and oxygen atoms in total. The van der Waals surface area contributed by atoms with Crippen molar-refractivity contribution in [2.24, 2.45) is 7.05 Å². The molecule has 1 aromatic heterocycles. The normalized spacial score (nSPS) is 19.8. The van der Waals surface area contributed by atoms with E-state index < -0.39 is 10.0 Å². The third-order valence-corrected chi connectivity index (χ3v) is 6.95. The first-order chi connectivity index (χ1) is 14.4. The van der Waals surface area contributed by atoms with E-state index in [1.807, 2.05) is 48.5 Å². The number of rotatable bonds is 7. The van der Waals surface area contributed by atoms with Gasteiger partial charge < -0.3 is 14.6 Å². The summed E-state index contributed by atoms with van der Waals surface area (Å²) >= 11 is 6.10. The van der Waals surface area contributed by atoms with Gasteiger partial charge in [-0.25, -0.2) is 13.4 Å². The third kappa shape index (κ3) is 4.67. The summed E-state index contributed by atoms with van der Waals surface area (Å²) in [4.78, 5) is 4.03. The van der Waals surface area contributed by atoms with Gasteiger partial charge in [-0.1, -0.05) is 48.0 Å². The van der Waals surface area contributed by atoms with Crippen LogP contribution in [-0.4, -0.2) is 47.5 Å². The summed E-state index contributed by atoms with van der Waals surface area (Å²) in [7, 11) is -1.97. The number of sulfonamides is 1. The van der Waals surface area contributed by atoms with Gasteiger partial charge in [0.25, 0.3) is 10.0 Å². The van der Waals surface area contributed by atoms with Gasteiger partial charge in [-0.05, 0) is 23.8 Å². The van der Waals surface area contributed by atoms with Crippen LogP contribution in [0.15, 0.2) is 72.1 Å². The maximum Gasteiger partial charge on any atom is 0.262 e. The van der Waals surface area contributed by atoms with Crippen LogP contribution in [0, 0.1) is 0 Å². The molecule has 1 aliphatic heterocycles. The molecule has 2 atom stereocenters. The molecular weight excluding hydrogens is 424 g/mol. The number of hydrogen-bond donors (Lipinski definition) is 1. The maximum atomic E-state index is 13.1. The number of aromatic nitrogens is 2. The quantitative estimate of drug-likeness (QED) is 0.603. The molecule has 30 heavy (non-hydrogen) atoms. The van der Waals surface area contributed by atoms with E-state index in [2.05, 4.69) is 10.3 Å². The average molecular weight is 447 g/mol. The fourth-order valence-electron chi connectivity index (χ4n) is 3.47. The van der Waals surface area contributed by atoms with Crippen LogP contribution in [0.5, 0.6) is 0 Å².